The van der Waals surface area contributed by atoms with Crippen LogP contribution in [0.3, 0.4) is 0 Å². The molecule has 2 aliphatic rings. The van der Waals surface area contributed by atoms with E-state index in [1.807, 2.05) is 30.0 Å². The molecule has 3 rings (SSSR count). The molecule has 118 valence electrons. The predicted molar refractivity (Wildman–Crippen MR) is 83.4 cm³/mol. The fourth-order valence-electron chi connectivity index (χ4n) is 4.03. The molecule has 0 radical (unpaired) electrons. The summed E-state index contributed by atoms with van der Waals surface area (Å²) < 4.78 is 5.24. The minimum absolute atomic E-state index is 0.0387. The first-order valence-corrected chi connectivity index (χ1v) is 8.23. The van der Waals surface area contributed by atoms with E-state index in [0.29, 0.717) is 25.4 Å². The fraction of sp³-hybridized carbons (Fsp3) is 0.556. The minimum Gasteiger partial charge on any atom is -0.450 e. The number of fused-ring (bicyclic) bond motifs is 1. The van der Waals surface area contributed by atoms with Gasteiger partial charge in [0.2, 0.25) is 0 Å². The quantitative estimate of drug-likeness (QED) is 0.839. The lowest BCUT2D eigenvalue weighted by molar-refractivity contribution is -0.130. The summed E-state index contributed by atoms with van der Waals surface area (Å²) in [6.07, 6.45) is 3.15. The first kappa shape index (κ1) is 15.1. The van der Waals surface area contributed by atoms with Gasteiger partial charge in [-0.1, -0.05) is 30.3 Å². The van der Waals surface area contributed by atoms with Gasteiger partial charge in [0.25, 0.3) is 0 Å². The van der Waals surface area contributed by atoms with Gasteiger partial charge in [0.05, 0.1) is 12.6 Å². The lowest BCUT2D eigenvalue weighted by Gasteiger charge is -2.46. The lowest BCUT2D eigenvalue weighted by atomic mass is 9.68. The van der Waals surface area contributed by atoms with Crippen molar-refractivity contribution < 1.29 is 14.3 Å². The third-order valence-electron chi connectivity index (χ3n) is 4.96. The molecule has 1 saturated heterocycles. The van der Waals surface area contributed by atoms with Crippen molar-refractivity contribution in [2.24, 2.45) is 11.8 Å². The zero-order valence-electron chi connectivity index (χ0n) is 13.0. The highest BCUT2D eigenvalue weighted by Gasteiger charge is 2.45. The molecule has 1 heterocycles. The van der Waals surface area contributed by atoms with Crippen molar-refractivity contribution in [3.63, 3.8) is 0 Å². The molecule has 1 amide bonds. The van der Waals surface area contributed by atoms with Crippen molar-refractivity contribution in [2.45, 2.75) is 38.6 Å². The van der Waals surface area contributed by atoms with Crippen LogP contribution in [-0.2, 0) is 9.53 Å². The van der Waals surface area contributed by atoms with E-state index in [1.165, 1.54) is 0 Å². The van der Waals surface area contributed by atoms with Gasteiger partial charge in [-0.05, 0) is 37.7 Å². The summed E-state index contributed by atoms with van der Waals surface area (Å²) in [4.78, 5) is 26.5. The fourth-order valence-corrected chi connectivity index (χ4v) is 4.03. The average Bonchev–Trinajstić information content (AvgIpc) is 2.55. The highest BCUT2D eigenvalue weighted by atomic mass is 16.6. The van der Waals surface area contributed by atoms with E-state index < -0.39 is 0 Å². The van der Waals surface area contributed by atoms with Crippen LogP contribution in [0, 0.1) is 11.8 Å². The number of hydrogen-bond donors (Lipinski definition) is 0. The van der Waals surface area contributed by atoms with Crippen LogP contribution in [0.4, 0.5) is 4.79 Å². The topological polar surface area (TPSA) is 46.6 Å². The molecule has 2 fully saturated rings. The number of hydrogen-bond acceptors (Lipinski definition) is 3. The molecule has 1 aromatic carbocycles. The van der Waals surface area contributed by atoms with Crippen LogP contribution in [0.25, 0.3) is 0 Å². The lowest BCUT2D eigenvalue weighted by Crippen LogP contribution is -2.49. The van der Waals surface area contributed by atoms with Gasteiger partial charge < -0.3 is 9.64 Å². The SMILES string of the molecule is CCOC(=O)N1CC[C@@H]2C(=O)CCC[C@H]2[C@H]1c1ccccc1. The van der Waals surface area contributed by atoms with Crippen LogP contribution in [0.1, 0.15) is 44.2 Å². The Labute approximate surface area is 131 Å². The Kier molecular flexibility index (Phi) is 4.46. The number of amides is 1. The van der Waals surface area contributed by atoms with E-state index >= 15 is 0 Å². The normalized spacial score (nSPS) is 28.1. The van der Waals surface area contributed by atoms with Crippen molar-refractivity contribution >= 4 is 11.9 Å². The van der Waals surface area contributed by atoms with Gasteiger partial charge in [0.15, 0.2) is 0 Å². The maximum absolute atomic E-state index is 12.4. The van der Waals surface area contributed by atoms with Crippen LogP contribution >= 0.6 is 0 Å². The largest absolute Gasteiger partial charge is 0.450 e. The summed E-state index contributed by atoms with van der Waals surface area (Å²) in [6.45, 7) is 2.81. The molecular formula is C18H23NO3. The molecule has 0 unspecified atom stereocenters. The molecule has 0 spiro atoms. The van der Waals surface area contributed by atoms with Crippen LogP contribution < -0.4 is 0 Å². The van der Waals surface area contributed by atoms with Crippen LogP contribution in [0.2, 0.25) is 0 Å². The molecule has 1 saturated carbocycles. The summed E-state index contributed by atoms with van der Waals surface area (Å²) in [5, 5.41) is 0. The Morgan fingerprint density at radius 1 is 1.27 bits per heavy atom. The summed E-state index contributed by atoms with van der Waals surface area (Å²) in [7, 11) is 0. The van der Waals surface area contributed by atoms with E-state index in [0.717, 1.165) is 24.8 Å². The number of benzene rings is 1. The first-order chi connectivity index (χ1) is 10.7. The summed E-state index contributed by atoms with van der Waals surface area (Å²) in [6, 6.07) is 10.0. The van der Waals surface area contributed by atoms with E-state index in [-0.39, 0.29) is 24.0 Å². The molecule has 1 aliphatic heterocycles. The number of likely N-dealkylation sites (tertiary alicyclic amines) is 1. The molecule has 3 atom stereocenters. The second-order valence-corrected chi connectivity index (χ2v) is 6.17. The van der Waals surface area contributed by atoms with Crippen molar-refractivity contribution in [2.75, 3.05) is 13.2 Å². The Balaban J connectivity index is 1.94. The van der Waals surface area contributed by atoms with Gasteiger partial charge in [-0.25, -0.2) is 4.79 Å². The first-order valence-electron chi connectivity index (χ1n) is 8.23. The van der Waals surface area contributed by atoms with Gasteiger partial charge in [-0.2, -0.15) is 0 Å². The number of Topliss-reactive ketones (excluding diaryl/α,β-unsaturated/α-hetero) is 1. The van der Waals surface area contributed by atoms with Gasteiger partial charge >= 0.3 is 6.09 Å². The van der Waals surface area contributed by atoms with Crippen LogP contribution in [-0.4, -0.2) is 29.9 Å². The van der Waals surface area contributed by atoms with Crippen molar-refractivity contribution in [1.29, 1.82) is 0 Å². The molecule has 1 aromatic rings. The summed E-state index contributed by atoms with van der Waals surface area (Å²) >= 11 is 0. The van der Waals surface area contributed by atoms with Gasteiger partial charge in [-0.15, -0.1) is 0 Å². The average molecular weight is 301 g/mol. The Bertz CT molecular complexity index is 543. The second-order valence-electron chi connectivity index (χ2n) is 6.17. The number of carbonyl (C=O) groups excluding carboxylic acids is 2. The van der Waals surface area contributed by atoms with E-state index in [2.05, 4.69) is 12.1 Å². The van der Waals surface area contributed by atoms with Crippen molar-refractivity contribution in [1.82, 2.24) is 4.90 Å². The Hall–Kier alpha value is -1.84. The smallest absolute Gasteiger partial charge is 0.410 e. The molecule has 0 bridgehead atoms. The number of piperidine rings is 1. The van der Waals surface area contributed by atoms with Crippen LogP contribution in [0.5, 0.6) is 0 Å². The van der Waals surface area contributed by atoms with Gasteiger partial charge in [0, 0.05) is 18.9 Å². The number of ether oxygens (including phenoxy) is 1. The predicted octanol–water partition coefficient (Wildman–Crippen LogP) is 3.58. The monoisotopic (exact) mass is 301 g/mol. The zero-order valence-corrected chi connectivity index (χ0v) is 13.0. The van der Waals surface area contributed by atoms with E-state index in [1.54, 1.807) is 0 Å². The summed E-state index contributed by atoms with van der Waals surface area (Å²) in [5.74, 6) is 0.701. The molecule has 1 aliphatic carbocycles. The van der Waals surface area contributed by atoms with Crippen LogP contribution in [0.15, 0.2) is 30.3 Å². The third kappa shape index (κ3) is 2.74. The van der Waals surface area contributed by atoms with Crippen molar-refractivity contribution in [3.05, 3.63) is 35.9 Å². The standard InChI is InChI=1S/C18H23NO3/c1-2-22-18(21)19-12-11-14-15(9-6-10-16(14)20)17(19)13-7-4-3-5-8-13/h3-5,7-8,14-15,17H,2,6,9-12H2,1H3/t14-,15+,17+/m0/s1. The number of rotatable bonds is 2. The maximum atomic E-state index is 12.4. The zero-order chi connectivity index (χ0) is 15.5. The van der Waals surface area contributed by atoms with Gasteiger partial charge in [-0.3, -0.25) is 4.79 Å². The molecule has 22 heavy (non-hydrogen) atoms. The number of carbonyl (C=O) groups is 2. The Morgan fingerprint density at radius 3 is 2.77 bits per heavy atom. The third-order valence-corrected chi connectivity index (χ3v) is 4.96. The Morgan fingerprint density at radius 2 is 2.05 bits per heavy atom. The minimum atomic E-state index is -0.257. The summed E-state index contributed by atoms with van der Waals surface area (Å²) in [5.41, 5.74) is 1.11. The molecule has 4 heteroatoms. The van der Waals surface area contributed by atoms with Gasteiger partial charge in [0.1, 0.15) is 5.78 Å². The highest BCUT2D eigenvalue weighted by Crippen LogP contribution is 2.45. The maximum Gasteiger partial charge on any atom is 0.410 e. The highest BCUT2D eigenvalue weighted by molar-refractivity contribution is 5.82. The molecular weight excluding hydrogens is 278 g/mol. The number of nitrogens with zero attached hydrogens (tertiary/aromatic N) is 1. The van der Waals surface area contributed by atoms with E-state index in [9.17, 15) is 9.59 Å². The molecule has 0 N–H and O–H groups in total. The van der Waals surface area contributed by atoms with E-state index in [4.69, 9.17) is 4.74 Å². The molecule has 0 aromatic heterocycles. The number of ketones is 1. The van der Waals surface area contributed by atoms with Crippen molar-refractivity contribution in [3.8, 4) is 0 Å². The second kappa shape index (κ2) is 6.51. The molecule has 4 nitrogen and oxygen atoms in total.